The molecule has 1 radical (unpaired) electrons. The molecule has 0 aliphatic rings. The third-order valence-electron chi connectivity index (χ3n) is 4.39. The van der Waals surface area contributed by atoms with Gasteiger partial charge in [-0.25, -0.2) is 4.79 Å². The van der Waals surface area contributed by atoms with Crippen molar-refractivity contribution in [3.63, 3.8) is 0 Å². The summed E-state index contributed by atoms with van der Waals surface area (Å²) in [5, 5.41) is 36.4. The summed E-state index contributed by atoms with van der Waals surface area (Å²) in [4.78, 5) is 83.6. The predicted octanol–water partition coefficient (Wildman–Crippen LogP) is -0.391. The summed E-state index contributed by atoms with van der Waals surface area (Å²) < 4.78 is 10.3. The van der Waals surface area contributed by atoms with E-state index in [9.17, 15) is 33.6 Å². The molecule has 0 aromatic heterocycles. The van der Waals surface area contributed by atoms with E-state index in [4.69, 9.17) is 29.9 Å². The number of esters is 1. The van der Waals surface area contributed by atoms with Gasteiger partial charge in [0.25, 0.3) is 11.8 Å². The topological polar surface area (TPSA) is 225 Å². The molecule has 1 aromatic rings. The average Bonchev–Trinajstić information content (AvgIpc) is 2.80. The number of carbonyl (C=O) groups is 7. The molecule has 209 valence electrons. The number of rotatable bonds is 16. The molecular weight excluding hydrogens is 601 g/mol. The number of carboxylic acids is 4. The molecule has 15 nitrogen and oxygen atoms in total. The maximum atomic E-state index is 13.3. The van der Waals surface area contributed by atoms with Crippen molar-refractivity contribution >= 4 is 41.7 Å². The number of ether oxygens (including phenoxy) is 2. The number of aliphatic carboxylic acids is 4. The van der Waals surface area contributed by atoms with Gasteiger partial charge < -0.3 is 39.7 Å². The first-order valence-corrected chi connectivity index (χ1v) is 10.6. The van der Waals surface area contributed by atoms with E-state index in [2.05, 4.69) is 6.58 Å². The zero-order chi connectivity index (χ0) is 29.0. The molecule has 39 heavy (non-hydrogen) atoms. The maximum absolute atomic E-state index is 13.3. The van der Waals surface area contributed by atoms with Gasteiger partial charge in [0.2, 0.25) is 0 Å². The number of carbonyl (C=O) groups excluding carboxylic acids is 3. The molecule has 0 saturated heterocycles. The second-order valence-electron chi connectivity index (χ2n) is 7.55. The third kappa shape index (κ3) is 12.0. The SMILES string of the molecule is C=C(C)C(=O)OC[CH-]COc1cccc(C(=O)N(CC(=O)O)CC(=O)O)c1C(=O)N(CC(=O)O)CC(=O)O.[Y]. The molecule has 0 saturated carbocycles. The van der Waals surface area contributed by atoms with Gasteiger partial charge in [-0.2, -0.15) is 0 Å². The van der Waals surface area contributed by atoms with Gasteiger partial charge >= 0.3 is 29.8 Å². The van der Waals surface area contributed by atoms with Gasteiger partial charge in [-0.15, -0.1) is 0 Å². The van der Waals surface area contributed by atoms with Crippen LogP contribution in [0.5, 0.6) is 5.75 Å². The van der Waals surface area contributed by atoms with Crippen molar-refractivity contribution < 1.29 is 96.2 Å². The van der Waals surface area contributed by atoms with E-state index in [1.807, 2.05) is 0 Å². The summed E-state index contributed by atoms with van der Waals surface area (Å²) >= 11 is 0. The Hall–Kier alpha value is -3.85. The molecule has 0 atom stereocenters. The van der Waals surface area contributed by atoms with Crippen molar-refractivity contribution in [2.24, 2.45) is 0 Å². The summed E-state index contributed by atoms with van der Waals surface area (Å²) in [6.07, 6.45) is 1.32. The van der Waals surface area contributed by atoms with E-state index in [-0.39, 0.29) is 57.2 Å². The standard InChI is InChI=1S/C23H25N2O13.Y/c1-13(2)23(36)38-8-4-7-37-15-6-3-5-14(21(34)24(9-16(26)27)10-17(28)29)20(15)22(35)25(11-18(30)31)12-19(32)33;/h3-6H,1,7-12H2,2H3,(H,26,27)(H,28,29)(H,30,31)(H,32,33);/q-1;. The monoisotopic (exact) mass is 626 g/mol. The molecule has 4 N–H and O–H groups in total. The van der Waals surface area contributed by atoms with Crippen LogP contribution >= 0.6 is 0 Å². The molecular formula is C23H25N2O13Y-. The van der Waals surface area contributed by atoms with Crippen molar-refractivity contribution in [1.82, 2.24) is 9.80 Å². The quantitative estimate of drug-likeness (QED) is 0.0795. The first kappa shape index (κ1) is 35.2. The van der Waals surface area contributed by atoms with Crippen LogP contribution in [0.1, 0.15) is 27.6 Å². The summed E-state index contributed by atoms with van der Waals surface area (Å²) in [7, 11) is 0. The summed E-state index contributed by atoms with van der Waals surface area (Å²) in [5.41, 5.74) is -1.06. The Morgan fingerprint density at radius 3 is 1.69 bits per heavy atom. The molecule has 2 amide bonds. The van der Waals surface area contributed by atoms with Crippen molar-refractivity contribution in [1.29, 1.82) is 0 Å². The Morgan fingerprint density at radius 2 is 1.26 bits per heavy atom. The Bertz CT molecular complexity index is 1100. The maximum Gasteiger partial charge on any atom is 0.330 e. The van der Waals surface area contributed by atoms with Crippen LogP contribution in [0, 0.1) is 6.42 Å². The van der Waals surface area contributed by atoms with Crippen LogP contribution in [0.4, 0.5) is 0 Å². The minimum atomic E-state index is -1.57. The Labute approximate surface area is 246 Å². The second kappa shape index (κ2) is 16.9. The summed E-state index contributed by atoms with van der Waals surface area (Å²) in [6, 6.07) is 3.45. The van der Waals surface area contributed by atoms with E-state index < -0.39 is 79.0 Å². The van der Waals surface area contributed by atoms with Crippen LogP contribution in [0.15, 0.2) is 30.4 Å². The average molecular weight is 626 g/mol. The molecule has 1 aromatic carbocycles. The van der Waals surface area contributed by atoms with Gasteiger partial charge in [-0.1, -0.05) is 12.6 Å². The molecule has 16 heteroatoms. The van der Waals surface area contributed by atoms with Gasteiger partial charge in [0, 0.05) is 38.3 Å². The van der Waals surface area contributed by atoms with E-state index in [0.717, 1.165) is 6.07 Å². The van der Waals surface area contributed by atoms with Crippen molar-refractivity contribution in [2.45, 2.75) is 6.92 Å². The molecule has 1 rings (SSSR count). The number of amides is 2. The summed E-state index contributed by atoms with van der Waals surface area (Å²) in [5.74, 6) is -9.78. The summed E-state index contributed by atoms with van der Waals surface area (Å²) in [6.45, 7) is 0.0230. The van der Waals surface area contributed by atoms with Gasteiger partial charge in [0.05, 0.1) is 11.1 Å². The van der Waals surface area contributed by atoms with E-state index in [1.54, 1.807) is 0 Å². The first-order chi connectivity index (χ1) is 17.7. The van der Waals surface area contributed by atoms with Gasteiger partial charge in [-0.3, -0.25) is 35.2 Å². The Balaban J connectivity index is 0.0000144. The molecule has 0 aliphatic heterocycles. The molecule has 0 bridgehead atoms. The number of nitrogens with zero attached hydrogens (tertiary/aromatic N) is 2. The normalized spacial score (nSPS) is 9.87. The van der Waals surface area contributed by atoms with Crippen molar-refractivity contribution in [2.75, 3.05) is 39.4 Å². The van der Waals surface area contributed by atoms with Crippen LogP contribution < -0.4 is 4.74 Å². The second-order valence-corrected chi connectivity index (χ2v) is 7.55. The van der Waals surface area contributed by atoms with Crippen LogP contribution in [0.3, 0.4) is 0 Å². The molecule has 0 spiro atoms. The number of carboxylic acid groups (broad SMARTS) is 4. The fourth-order valence-corrected chi connectivity index (χ4v) is 2.89. The van der Waals surface area contributed by atoms with E-state index in [1.165, 1.54) is 25.5 Å². The smallest absolute Gasteiger partial charge is 0.330 e. The predicted molar refractivity (Wildman–Crippen MR) is 124 cm³/mol. The Morgan fingerprint density at radius 1 is 0.795 bits per heavy atom. The largest absolute Gasteiger partial charge is 0.524 e. The van der Waals surface area contributed by atoms with Crippen molar-refractivity contribution in [3.05, 3.63) is 47.9 Å². The molecule has 0 heterocycles. The first-order valence-electron chi connectivity index (χ1n) is 10.6. The van der Waals surface area contributed by atoms with Gasteiger partial charge in [-0.05, 0) is 32.3 Å². The van der Waals surface area contributed by atoms with Crippen molar-refractivity contribution in [3.8, 4) is 5.75 Å². The van der Waals surface area contributed by atoms with Gasteiger partial charge in [0.15, 0.2) is 0 Å². The van der Waals surface area contributed by atoms with Crippen LogP contribution in [-0.2, 0) is 61.4 Å². The number of hydrogen-bond acceptors (Lipinski definition) is 9. The minimum Gasteiger partial charge on any atom is -0.524 e. The van der Waals surface area contributed by atoms with Crippen LogP contribution in [-0.4, -0.2) is 111 Å². The van der Waals surface area contributed by atoms with Gasteiger partial charge in [0.1, 0.15) is 31.9 Å². The Kier molecular flexibility index (Phi) is 15.2. The number of benzene rings is 1. The molecule has 0 aliphatic carbocycles. The minimum absolute atomic E-state index is 0. The zero-order valence-corrected chi connectivity index (χ0v) is 23.5. The number of hydrogen-bond donors (Lipinski definition) is 4. The molecule has 0 fully saturated rings. The fraction of sp³-hybridized carbons (Fsp3) is 0.304. The third-order valence-corrected chi connectivity index (χ3v) is 4.39. The van der Waals surface area contributed by atoms with Crippen LogP contribution in [0.2, 0.25) is 0 Å². The van der Waals surface area contributed by atoms with E-state index >= 15 is 0 Å². The fourth-order valence-electron chi connectivity index (χ4n) is 2.89. The van der Waals surface area contributed by atoms with E-state index in [0.29, 0.717) is 9.80 Å². The van der Waals surface area contributed by atoms with Crippen LogP contribution in [0.25, 0.3) is 0 Å². The molecule has 0 unspecified atom stereocenters. The zero-order valence-electron chi connectivity index (χ0n) is 20.7.